The number of carbonyl (C=O) groups excluding carboxylic acids is 1. The standard InChI is InChI=1S/C19H22ClN3O2/c1-25-18-8-3-2-7-17(18)21-19(24)14-22-9-11-23(12-10-22)16-6-4-5-15(20)13-16/h2-8,13H,9-12,14H2,1H3,(H,21,24)/p+1. The molecular weight excluding hydrogens is 338 g/mol. The van der Waals surface area contributed by atoms with Crippen molar-refractivity contribution in [2.75, 3.05) is 50.1 Å². The topological polar surface area (TPSA) is 46.0 Å². The first-order chi connectivity index (χ1) is 12.2. The number of nitrogens with one attached hydrogen (secondary N) is 2. The normalized spacial score (nSPS) is 15.0. The van der Waals surface area contributed by atoms with Crippen molar-refractivity contribution < 1.29 is 14.4 Å². The molecule has 1 fully saturated rings. The number of hydrogen-bond acceptors (Lipinski definition) is 3. The summed E-state index contributed by atoms with van der Waals surface area (Å²) >= 11 is 6.07. The maximum absolute atomic E-state index is 12.3. The van der Waals surface area contributed by atoms with Gasteiger partial charge in [-0.3, -0.25) is 4.79 Å². The Bertz CT molecular complexity index is 730. The van der Waals surface area contributed by atoms with E-state index in [9.17, 15) is 4.79 Å². The molecule has 1 amide bonds. The van der Waals surface area contributed by atoms with Crippen LogP contribution in [-0.4, -0.2) is 45.7 Å². The van der Waals surface area contributed by atoms with Gasteiger partial charge in [0.25, 0.3) is 5.91 Å². The minimum Gasteiger partial charge on any atom is -0.495 e. The molecule has 1 aliphatic rings. The second-order valence-corrected chi connectivity index (χ2v) is 6.58. The number of anilines is 2. The van der Waals surface area contributed by atoms with Gasteiger partial charge in [-0.15, -0.1) is 0 Å². The number of para-hydroxylation sites is 2. The van der Waals surface area contributed by atoms with Crippen LogP contribution in [0.4, 0.5) is 11.4 Å². The first-order valence-corrected chi connectivity index (χ1v) is 8.80. The molecule has 25 heavy (non-hydrogen) atoms. The Balaban J connectivity index is 1.51. The number of carbonyl (C=O) groups is 1. The summed E-state index contributed by atoms with van der Waals surface area (Å²) in [6.45, 7) is 4.13. The zero-order valence-electron chi connectivity index (χ0n) is 14.3. The summed E-state index contributed by atoms with van der Waals surface area (Å²) in [6, 6.07) is 15.4. The molecule has 0 aromatic heterocycles. The van der Waals surface area contributed by atoms with Crippen molar-refractivity contribution in [2.24, 2.45) is 0 Å². The highest BCUT2D eigenvalue weighted by Gasteiger charge is 2.22. The Morgan fingerprint density at radius 2 is 1.96 bits per heavy atom. The lowest BCUT2D eigenvalue weighted by Gasteiger charge is -2.33. The van der Waals surface area contributed by atoms with Crippen LogP contribution in [-0.2, 0) is 4.79 Å². The molecule has 2 aromatic carbocycles. The number of amides is 1. The van der Waals surface area contributed by atoms with Gasteiger partial charge in [0.1, 0.15) is 5.75 Å². The van der Waals surface area contributed by atoms with Crippen molar-refractivity contribution in [3.05, 3.63) is 53.6 Å². The molecule has 0 radical (unpaired) electrons. The second kappa shape index (κ2) is 8.23. The van der Waals surface area contributed by atoms with Crippen molar-refractivity contribution in [1.29, 1.82) is 0 Å². The Morgan fingerprint density at radius 1 is 1.20 bits per heavy atom. The first-order valence-electron chi connectivity index (χ1n) is 8.42. The van der Waals surface area contributed by atoms with Crippen LogP contribution >= 0.6 is 11.6 Å². The van der Waals surface area contributed by atoms with Gasteiger partial charge in [-0.05, 0) is 30.3 Å². The SMILES string of the molecule is COc1ccccc1NC(=O)C[NH+]1CCN(c2cccc(Cl)c2)CC1. The number of nitrogens with zero attached hydrogens (tertiary/aromatic N) is 1. The van der Waals surface area contributed by atoms with Crippen molar-refractivity contribution in [3.63, 3.8) is 0 Å². The highest BCUT2D eigenvalue weighted by molar-refractivity contribution is 6.30. The van der Waals surface area contributed by atoms with E-state index >= 15 is 0 Å². The van der Waals surface area contributed by atoms with E-state index in [4.69, 9.17) is 16.3 Å². The van der Waals surface area contributed by atoms with Crippen LogP contribution in [0.5, 0.6) is 5.75 Å². The minimum absolute atomic E-state index is 0.00991. The molecule has 5 nitrogen and oxygen atoms in total. The lowest BCUT2D eigenvalue weighted by molar-refractivity contribution is -0.892. The zero-order valence-corrected chi connectivity index (χ0v) is 15.1. The fourth-order valence-electron chi connectivity index (χ4n) is 3.10. The third-order valence-electron chi connectivity index (χ3n) is 4.44. The minimum atomic E-state index is 0.00991. The zero-order chi connectivity index (χ0) is 17.6. The van der Waals surface area contributed by atoms with E-state index < -0.39 is 0 Å². The average molecular weight is 361 g/mol. The summed E-state index contributed by atoms with van der Waals surface area (Å²) in [5, 5.41) is 3.70. The van der Waals surface area contributed by atoms with Gasteiger partial charge in [0.15, 0.2) is 6.54 Å². The number of rotatable bonds is 5. The van der Waals surface area contributed by atoms with E-state index in [0.717, 1.165) is 36.9 Å². The molecule has 1 heterocycles. The molecule has 0 unspecified atom stereocenters. The predicted octanol–water partition coefficient (Wildman–Crippen LogP) is 1.69. The summed E-state index contributed by atoms with van der Waals surface area (Å²) in [5.74, 6) is 0.687. The van der Waals surface area contributed by atoms with Crippen molar-refractivity contribution >= 4 is 28.9 Å². The third kappa shape index (κ3) is 4.65. The highest BCUT2D eigenvalue weighted by Crippen LogP contribution is 2.22. The van der Waals surface area contributed by atoms with Crippen LogP contribution in [0.2, 0.25) is 5.02 Å². The Kier molecular flexibility index (Phi) is 5.79. The molecule has 3 rings (SSSR count). The second-order valence-electron chi connectivity index (χ2n) is 6.14. The van der Waals surface area contributed by atoms with E-state index in [1.165, 1.54) is 4.90 Å². The lowest BCUT2D eigenvalue weighted by Crippen LogP contribution is -3.15. The lowest BCUT2D eigenvalue weighted by atomic mass is 10.2. The number of benzene rings is 2. The van der Waals surface area contributed by atoms with E-state index in [-0.39, 0.29) is 5.91 Å². The average Bonchev–Trinajstić information content (AvgIpc) is 2.63. The first kappa shape index (κ1) is 17.6. The van der Waals surface area contributed by atoms with Crippen molar-refractivity contribution in [2.45, 2.75) is 0 Å². The number of quaternary nitrogens is 1. The molecule has 0 saturated carbocycles. The van der Waals surface area contributed by atoms with Gasteiger partial charge in [0, 0.05) is 10.7 Å². The molecule has 2 N–H and O–H groups in total. The van der Waals surface area contributed by atoms with Gasteiger partial charge in [0.2, 0.25) is 0 Å². The maximum Gasteiger partial charge on any atom is 0.279 e. The summed E-state index contributed by atoms with van der Waals surface area (Å²) in [5.41, 5.74) is 1.86. The van der Waals surface area contributed by atoms with E-state index in [2.05, 4.69) is 16.3 Å². The quantitative estimate of drug-likeness (QED) is 0.853. The predicted molar refractivity (Wildman–Crippen MR) is 101 cm³/mol. The smallest absolute Gasteiger partial charge is 0.279 e. The monoisotopic (exact) mass is 360 g/mol. The number of piperazine rings is 1. The van der Waals surface area contributed by atoms with Gasteiger partial charge in [0.05, 0.1) is 39.0 Å². The van der Waals surface area contributed by atoms with Crippen LogP contribution in [0.3, 0.4) is 0 Å². The molecule has 0 aliphatic carbocycles. The molecule has 2 aromatic rings. The molecule has 1 aliphatic heterocycles. The van der Waals surface area contributed by atoms with Crippen LogP contribution in [0.25, 0.3) is 0 Å². The van der Waals surface area contributed by atoms with Crippen molar-refractivity contribution in [3.8, 4) is 5.75 Å². The van der Waals surface area contributed by atoms with Gasteiger partial charge in [-0.2, -0.15) is 0 Å². The van der Waals surface area contributed by atoms with Gasteiger partial charge < -0.3 is 19.9 Å². The number of ether oxygens (including phenoxy) is 1. The molecule has 132 valence electrons. The van der Waals surface area contributed by atoms with Crippen molar-refractivity contribution in [1.82, 2.24) is 0 Å². The summed E-state index contributed by atoms with van der Waals surface area (Å²) in [7, 11) is 1.60. The van der Waals surface area contributed by atoms with Crippen LogP contribution < -0.4 is 19.9 Å². The van der Waals surface area contributed by atoms with Crippen LogP contribution in [0.1, 0.15) is 0 Å². The summed E-state index contributed by atoms with van der Waals surface area (Å²) in [4.78, 5) is 15.9. The van der Waals surface area contributed by atoms with Gasteiger partial charge in [-0.25, -0.2) is 0 Å². The molecule has 6 heteroatoms. The van der Waals surface area contributed by atoms with E-state index in [1.807, 2.05) is 42.5 Å². The molecule has 1 saturated heterocycles. The molecular formula is C19H23ClN3O2+. The van der Waals surface area contributed by atoms with Crippen LogP contribution in [0, 0.1) is 0 Å². The number of halogens is 1. The molecule has 0 spiro atoms. The number of hydrogen-bond donors (Lipinski definition) is 2. The Labute approximate surface area is 153 Å². The third-order valence-corrected chi connectivity index (χ3v) is 4.67. The summed E-state index contributed by atoms with van der Waals surface area (Å²) in [6.07, 6.45) is 0. The molecule has 0 atom stereocenters. The largest absolute Gasteiger partial charge is 0.495 e. The van der Waals surface area contributed by atoms with Gasteiger partial charge in [-0.1, -0.05) is 29.8 Å². The molecule has 0 bridgehead atoms. The van der Waals surface area contributed by atoms with E-state index in [1.54, 1.807) is 7.11 Å². The Morgan fingerprint density at radius 3 is 2.68 bits per heavy atom. The highest BCUT2D eigenvalue weighted by atomic mass is 35.5. The Hall–Kier alpha value is -2.24. The summed E-state index contributed by atoms with van der Waals surface area (Å²) < 4.78 is 5.27. The maximum atomic E-state index is 12.3. The number of methoxy groups -OCH3 is 1. The fraction of sp³-hybridized carbons (Fsp3) is 0.316. The fourth-order valence-corrected chi connectivity index (χ4v) is 3.28. The van der Waals surface area contributed by atoms with Gasteiger partial charge >= 0.3 is 0 Å². The van der Waals surface area contributed by atoms with Crippen LogP contribution in [0.15, 0.2) is 48.5 Å². The van der Waals surface area contributed by atoms with E-state index in [0.29, 0.717) is 18.0 Å².